The van der Waals surface area contributed by atoms with Crippen LogP contribution in [0.15, 0.2) is 48.5 Å². The number of ether oxygens (including phenoxy) is 1. The van der Waals surface area contributed by atoms with Crippen molar-refractivity contribution in [2.75, 3.05) is 0 Å². The minimum atomic E-state index is -0.872. The topological polar surface area (TPSA) is 53.2 Å². The third-order valence-corrected chi connectivity index (χ3v) is 2.80. The van der Waals surface area contributed by atoms with Crippen LogP contribution >= 0.6 is 0 Å². The Morgan fingerprint density at radius 2 is 1.68 bits per heavy atom. The average Bonchev–Trinajstić information content (AvgIpc) is 2.39. The molecule has 0 aliphatic carbocycles. The minimum Gasteiger partial charge on any atom is -0.456 e. The van der Waals surface area contributed by atoms with E-state index in [1.807, 2.05) is 18.2 Å². The summed E-state index contributed by atoms with van der Waals surface area (Å²) in [6.45, 7) is 3.46. The lowest BCUT2D eigenvalue weighted by molar-refractivity contribution is 0.0786. The van der Waals surface area contributed by atoms with Crippen molar-refractivity contribution in [2.24, 2.45) is 0 Å². The zero-order valence-corrected chi connectivity index (χ0v) is 10.9. The second kappa shape index (κ2) is 5.13. The third kappa shape index (κ3) is 3.12. The van der Waals surface area contributed by atoms with Gasteiger partial charge in [-0.1, -0.05) is 24.3 Å². The van der Waals surface area contributed by atoms with Crippen LogP contribution in [0.5, 0.6) is 11.5 Å². The van der Waals surface area contributed by atoms with Crippen LogP contribution in [0.25, 0.3) is 0 Å². The highest BCUT2D eigenvalue weighted by molar-refractivity contribution is 5.45. The lowest BCUT2D eigenvalue weighted by Gasteiger charge is -2.18. The first-order valence-electron chi connectivity index (χ1n) is 6.00. The van der Waals surface area contributed by atoms with E-state index in [2.05, 4.69) is 6.07 Å². The van der Waals surface area contributed by atoms with Gasteiger partial charge in [-0.05, 0) is 43.7 Å². The summed E-state index contributed by atoms with van der Waals surface area (Å²) in [7, 11) is 0. The van der Waals surface area contributed by atoms with Crippen molar-refractivity contribution in [3.8, 4) is 17.6 Å². The highest BCUT2D eigenvalue weighted by Gasteiger charge is 2.15. The predicted octanol–water partition coefficient (Wildman–Crippen LogP) is 3.58. The molecule has 0 spiro atoms. The Bertz CT molecular complexity index is 604. The van der Waals surface area contributed by atoms with Gasteiger partial charge in [0.1, 0.15) is 17.6 Å². The first-order chi connectivity index (χ1) is 9.00. The van der Waals surface area contributed by atoms with Crippen LogP contribution in [-0.2, 0) is 5.60 Å². The molecule has 2 rings (SSSR count). The zero-order valence-electron chi connectivity index (χ0n) is 10.9. The van der Waals surface area contributed by atoms with Gasteiger partial charge in [-0.2, -0.15) is 5.26 Å². The van der Waals surface area contributed by atoms with Gasteiger partial charge in [0.2, 0.25) is 0 Å². The maximum absolute atomic E-state index is 9.87. The van der Waals surface area contributed by atoms with E-state index in [4.69, 9.17) is 10.00 Å². The Labute approximate surface area is 112 Å². The van der Waals surface area contributed by atoms with Gasteiger partial charge in [-0.3, -0.25) is 0 Å². The van der Waals surface area contributed by atoms with Gasteiger partial charge in [0.15, 0.2) is 0 Å². The number of nitriles is 1. The molecular weight excluding hydrogens is 238 g/mol. The maximum Gasteiger partial charge on any atom is 0.145 e. The number of hydrogen-bond acceptors (Lipinski definition) is 3. The predicted molar refractivity (Wildman–Crippen MR) is 72.9 cm³/mol. The monoisotopic (exact) mass is 253 g/mol. The molecule has 0 bridgehead atoms. The summed E-state index contributed by atoms with van der Waals surface area (Å²) in [5.74, 6) is 1.16. The molecule has 0 radical (unpaired) electrons. The van der Waals surface area contributed by atoms with Crippen LogP contribution in [0.1, 0.15) is 25.0 Å². The molecule has 2 aromatic rings. The SMILES string of the molecule is CC(C)(O)c1ccc(Oc2ccccc2C#N)cc1. The van der Waals surface area contributed by atoms with Crippen molar-refractivity contribution < 1.29 is 9.84 Å². The molecule has 3 heteroatoms. The summed E-state index contributed by atoms with van der Waals surface area (Å²) >= 11 is 0. The average molecular weight is 253 g/mol. The van der Waals surface area contributed by atoms with E-state index in [0.29, 0.717) is 17.1 Å². The van der Waals surface area contributed by atoms with Crippen molar-refractivity contribution in [1.82, 2.24) is 0 Å². The Balaban J connectivity index is 2.23. The minimum absolute atomic E-state index is 0.495. The molecule has 0 amide bonds. The van der Waals surface area contributed by atoms with Crippen molar-refractivity contribution in [3.63, 3.8) is 0 Å². The first kappa shape index (κ1) is 13.1. The summed E-state index contributed by atoms with van der Waals surface area (Å²) in [4.78, 5) is 0. The van der Waals surface area contributed by atoms with E-state index in [9.17, 15) is 5.11 Å². The molecule has 19 heavy (non-hydrogen) atoms. The van der Waals surface area contributed by atoms with E-state index in [-0.39, 0.29) is 0 Å². The van der Waals surface area contributed by atoms with Gasteiger partial charge < -0.3 is 9.84 Å². The van der Waals surface area contributed by atoms with E-state index >= 15 is 0 Å². The Kier molecular flexibility index (Phi) is 3.55. The highest BCUT2D eigenvalue weighted by atomic mass is 16.5. The molecule has 0 heterocycles. The standard InChI is InChI=1S/C16H15NO2/c1-16(2,18)13-7-9-14(10-8-13)19-15-6-4-3-5-12(15)11-17/h3-10,18H,1-2H3. The van der Waals surface area contributed by atoms with Crippen LogP contribution in [0.2, 0.25) is 0 Å². The second-order valence-corrected chi connectivity index (χ2v) is 4.79. The van der Waals surface area contributed by atoms with Gasteiger partial charge >= 0.3 is 0 Å². The second-order valence-electron chi connectivity index (χ2n) is 4.79. The smallest absolute Gasteiger partial charge is 0.145 e. The molecule has 0 saturated heterocycles. The Morgan fingerprint density at radius 3 is 2.26 bits per heavy atom. The van der Waals surface area contributed by atoms with Gasteiger partial charge in [-0.15, -0.1) is 0 Å². The van der Waals surface area contributed by atoms with Crippen LogP contribution in [0.4, 0.5) is 0 Å². The Morgan fingerprint density at radius 1 is 1.05 bits per heavy atom. The van der Waals surface area contributed by atoms with Crippen molar-refractivity contribution in [1.29, 1.82) is 5.26 Å². The van der Waals surface area contributed by atoms with Crippen molar-refractivity contribution >= 4 is 0 Å². The van der Waals surface area contributed by atoms with E-state index in [0.717, 1.165) is 5.56 Å². The molecule has 0 aromatic heterocycles. The van der Waals surface area contributed by atoms with Gasteiger partial charge in [0, 0.05) is 0 Å². The number of aliphatic hydroxyl groups is 1. The van der Waals surface area contributed by atoms with Gasteiger partial charge in [-0.25, -0.2) is 0 Å². The number of para-hydroxylation sites is 1. The lowest BCUT2D eigenvalue weighted by Crippen LogP contribution is -2.14. The quantitative estimate of drug-likeness (QED) is 0.909. The summed E-state index contributed by atoms with van der Waals surface area (Å²) in [6.07, 6.45) is 0. The molecule has 0 aliphatic rings. The molecule has 0 unspecified atom stereocenters. The molecule has 1 N–H and O–H groups in total. The van der Waals surface area contributed by atoms with Crippen LogP contribution in [0.3, 0.4) is 0 Å². The number of hydrogen-bond donors (Lipinski definition) is 1. The molecule has 3 nitrogen and oxygen atoms in total. The zero-order chi connectivity index (χ0) is 13.9. The normalized spacial score (nSPS) is 10.8. The third-order valence-electron chi connectivity index (χ3n) is 2.80. The van der Waals surface area contributed by atoms with Crippen molar-refractivity contribution in [3.05, 3.63) is 59.7 Å². The van der Waals surface area contributed by atoms with Gasteiger partial charge in [0.25, 0.3) is 0 Å². The summed E-state index contributed by atoms with van der Waals surface area (Å²) in [5.41, 5.74) is 0.436. The molecule has 96 valence electrons. The largest absolute Gasteiger partial charge is 0.456 e. The van der Waals surface area contributed by atoms with E-state index in [1.165, 1.54) is 0 Å². The summed E-state index contributed by atoms with van der Waals surface area (Å²) in [5, 5.41) is 18.9. The Hall–Kier alpha value is -2.31. The fraction of sp³-hybridized carbons (Fsp3) is 0.188. The fourth-order valence-electron chi connectivity index (χ4n) is 1.71. The number of nitrogens with zero attached hydrogens (tertiary/aromatic N) is 1. The number of benzene rings is 2. The van der Waals surface area contributed by atoms with Crippen molar-refractivity contribution in [2.45, 2.75) is 19.4 Å². The van der Waals surface area contributed by atoms with Crippen LogP contribution < -0.4 is 4.74 Å². The molecule has 0 fully saturated rings. The van der Waals surface area contributed by atoms with Gasteiger partial charge in [0.05, 0.1) is 11.2 Å². The summed E-state index contributed by atoms with van der Waals surface area (Å²) in [6, 6.07) is 16.3. The molecule has 0 aliphatic heterocycles. The summed E-state index contributed by atoms with van der Waals surface area (Å²) < 4.78 is 5.66. The van der Waals surface area contributed by atoms with E-state index in [1.54, 1.807) is 44.2 Å². The number of rotatable bonds is 3. The molecule has 0 atom stereocenters. The first-order valence-corrected chi connectivity index (χ1v) is 6.00. The molecule has 2 aromatic carbocycles. The van der Waals surface area contributed by atoms with E-state index < -0.39 is 5.60 Å². The highest BCUT2D eigenvalue weighted by Crippen LogP contribution is 2.27. The fourth-order valence-corrected chi connectivity index (χ4v) is 1.71. The maximum atomic E-state index is 9.87. The molecule has 0 saturated carbocycles. The van der Waals surface area contributed by atoms with Crippen LogP contribution in [0, 0.1) is 11.3 Å². The molecular formula is C16H15NO2. The van der Waals surface area contributed by atoms with Crippen LogP contribution in [-0.4, -0.2) is 5.11 Å². The lowest BCUT2D eigenvalue weighted by atomic mass is 9.99.